The second kappa shape index (κ2) is 5.96. The Morgan fingerprint density at radius 3 is 2.65 bits per heavy atom. The third-order valence-electron chi connectivity index (χ3n) is 3.92. The molecule has 1 N–H and O–H groups in total. The molecule has 96 valence electrons. The van der Waals surface area contributed by atoms with E-state index in [2.05, 4.69) is 36.5 Å². The maximum atomic E-state index is 4.56. The van der Waals surface area contributed by atoms with Crippen molar-refractivity contribution >= 4 is 11.3 Å². The molecule has 0 radical (unpaired) electrons. The molecule has 2 rings (SSSR count). The van der Waals surface area contributed by atoms with Crippen molar-refractivity contribution in [2.45, 2.75) is 65.0 Å². The van der Waals surface area contributed by atoms with Gasteiger partial charge in [0.05, 0.1) is 6.04 Å². The molecule has 0 spiro atoms. The van der Waals surface area contributed by atoms with Gasteiger partial charge in [0, 0.05) is 17.1 Å². The Hall–Kier alpha value is -0.410. The standard InChI is InChI=1S/C14H24N2S/c1-4-12-5-7-13(8-6-12)16-11(3)14-15-10(2)9-17-14/h9,11-13,16H,4-8H2,1-3H3. The molecule has 0 bridgehead atoms. The molecule has 1 saturated carbocycles. The highest BCUT2D eigenvalue weighted by atomic mass is 32.1. The summed E-state index contributed by atoms with van der Waals surface area (Å²) >= 11 is 1.78. The Kier molecular flexibility index (Phi) is 4.57. The summed E-state index contributed by atoms with van der Waals surface area (Å²) in [6.45, 7) is 6.63. The predicted molar refractivity (Wildman–Crippen MR) is 74.4 cm³/mol. The second-order valence-corrected chi connectivity index (χ2v) is 6.23. The van der Waals surface area contributed by atoms with Crippen LogP contribution in [-0.2, 0) is 0 Å². The Morgan fingerprint density at radius 1 is 1.41 bits per heavy atom. The lowest BCUT2D eigenvalue weighted by Crippen LogP contribution is -2.34. The van der Waals surface area contributed by atoms with E-state index in [1.165, 1.54) is 37.1 Å². The fourth-order valence-electron chi connectivity index (χ4n) is 2.73. The predicted octanol–water partition coefficient (Wildman–Crippen LogP) is 4.07. The summed E-state index contributed by atoms with van der Waals surface area (Å²) in [4.78, 5) is 4.56. The summed E-state index contributed by atoms with van der Waals surface area (Å²) in [7, 11) is 0. The van der Waals surface area contributed by atoms with Crippen molar-refractivity contribution < 1.29 is 0 Å². The van der Waals surface area contributed by atoms with Gasteiger partial charge in [0.15, 0.2) is 0 Å². The van der Waals surface area contributed by atoms with Gasteiger partial charge >= 0.3 is 0 Å². The largest absolute Gasteiger partial charge is 0.305 e. The number of rotatable bonds is 4. The van der Waals surface area contributed by atoms with E-state index in [1.807, 2.05) is 0 Å². The van der Waals surface area contributed by atoms with Gasteiger partial charge in [0.25, 0.3) is 0 Å². The number of aryl methyl sites for hydroxylation is 1. The highest BCUT2D eigenvalue weighted by molar-refractivity contribution is 7.09. The van der Waals surface area contributed by atoms with Gasteiger partial charge in [0.1, 0.15) is 5.01 Å². The minimum absolute atomic E-state index is 0.414. The topological polar surface area (TPSA) is 24.9 Å². The monoisotopic (exact) mass is 252 g/mol. The molecule has 1 aliphatic rings. The smallest absolute Gasteiger partial charge is 0.110 e. The maximum absolute atomic E-state index is 4.56. The first-order chi connectivity index (χ1) is 8.19. The third-order valence-corrected chi connectivity index (χ3v) is 5.06. The van der Waals surface area contributed by atoms with E-state index >= 15 is 0 Å². The highest BCUT2D eigenvalue weighted by Crippen LogP contribution is 2.28. The summed E-state index contributed by atoms with van der Waals surface area (Å²) < 4.78 is 0. The van der Waals surface area contributed by atoms with Crippen LogP contribution in [0.25, 0.3) is 0 Å². The average Bonchev–Trinajstić information content (AvgIpc) is 2.77. The van der Waals surface area contributed by atoms with E-state index < -0.39 is 0 Å². The quantitative estimate of drug-likeness (QED) is 0.873. The van der Waals surface area contributed by atoms with Gasteiger partial charge in [-0.3, -0.25) is 0 Å². The van der Waals surface area contributed by atoms with Gasteiger partial charge < -0.3 is 5.32 Å². The van der Waals surface area contributed by atoms with Crippen LogP contribution in [-0.4, -0.2) is 11.0 Å². The number of nitrogens with zero attached hydrogens (tertiary/aromatic N) is 1. The molecule has 17 heavy (non-hydrogen) atoms. The van der Waals surface area contributed by atoms with Crippen molar-refractivity contribution in [1.82, 2.24) is 10.3 Å². The molecule has 1 aromatic rings. The van der Waals surface area contributed by atoms with Crippen molar-refractivity contribution in [2.75, 3.05) is 0 Å². The summed E-state index contributed by atoms with van der Waals surface area (Å²) in [5.41, 5.74) is 1.15. The molecule has 1 heterocycles. The van der Waals surface area contributed by atoms with E-state index in [1.54, 1.807) is 11.3 Å². The van der Waals surface area contributed by atoms with Crippen LogP contribution in [0.5, 0.6) is 0 Å². The van der Waals surface area contributed by atoms with E-state index in [0.29, 0.717) is 12.1 Å². The lowest BCUT2D eigenvalue weighted by molar-refractivity contribution is 0.273. The lowest BCUT2D eigenvalue weighted by atomic mass is 9.84. The van der Waals surface area contributed by atoms with Gasteiger partial charge in [0.2, 0.25) is 0 Å². The fourth-order valence-corrected chi connectivity index (χ4v) is 3.55. The van der Waals surface area contributed by atoms with Crippen LogP contribution in [0.15, 0.2) is 5.38 Å². The summed E-state index contributed by atoms with van der Waals surface area (Å²) in [5.74, 6) is 0.977. The SMILES string of the molecule is CCC1CCC(NC(C)c2nc(C)cs2)CC1. The van der Waals surface area contributed by atoms with Crippen LogP contribution in [0.4, 0.5) is 0 Å². The number of thiazole rings is 1. The van der Waals surface area contributed by atoms with Crippen molar-refractivity contribution in [3.63, 3.8) is 0 Å². The Morgan fingerprint density at radius 2 is 2.12 bits per heavy atom. The molecule has 3 heteroatoms. The summed E-state index contributed by atoms with van der Waals surface area (Å²) in [6, 6.07) is 1.12. The zero-order valence-electron chi connectivity index (χ0n) is 11.2. The summed E-state index contributed by atoms with van der Waals surface area (Å²) in [5, 5.41) is 7.12. The van der Waals surface area contributed by atoms with Gasteiger partial charge in [-0.2, -0.15) is 0 Å². The van der Waals surface area contributed by atoms with E-state index in [9.17, 15) is 0 Å². The molecule has 0 aromatic carbocycles. The number of nitrogens with one attached hydrogen (secondary N) is 1. The van der Waals surface area contributed by atoms with Crippen LogP contribution in [0, 0.1) is 12.8 Å². The second-order valence-electron chi connectivity index (χ2n) is 5.34. The van der Waals surface area contributed by atoms with Gasteiger partial charge in [-0.1, -0.05) is 13.3 Å². The number of hydrogen-bond donors (Lipinski definition) is 1. The van der Waals surface area contributed by atoms with Crippen LogP contribution >= 0.6 is 11.3 Å². The molecule has 0 amide bonds. The maximum Gasteiger partial charge on any atom is 0.110 e. The molecule has 0 aliphatic heterocycles. The zero-order chi connectivity index (χ0) is 12.3. The first-order valence-electron chi connectivity index (χ1n) is 6.87. The molecule has 1 aromatic heterocycles. The molecule has 1 aliphatic carbocycles. The van der Waals surface area contributed by atoms with Crippen LogP contribution in [0.2, 0.25) is 0 Å². The first kappa shape index (κ1) is 13.0. The third kappa shape index (κ3) is 3.52. The average molecular weight is 252 g/mol. The van der Waals surface area contributed by atoms with Crippen molar-refractivity contribution in [3.8, 4) is 0 Å². The van der Waals surface area contributed by atoms with E-state index in [0.717, 1.165) is 11.6 Å². The van der Waals surface area contributed by atoms with E-state index in [-0.39, 0.29) is 0 Å². The molecule has 1 unspecified atom stereocenters. The zero-order valence-corrected chi connectivity index (χ0v) is 12.0. The summed E-state index contributed by atoms with van der Waals surface area (Å²) in [6.07, 6.45) is 6.84. The van der Waals surface area contributed by atoms with Crippen LogP contribution in [0.3, 0.4) is 0 Å². The molecule has 1 fully saturated rings. The van der Waals surface area contributed by atoms with Crippen LogP contribution in [0.1, 0.15) is 62.7 Å². The molecule has 0 saturated heterocycles. The minimum atomic E-state index is 0.414. The van der Waals surface area contributed by atoms with Gasteiger partial charge in [-0.15, -0.1) is 11.3 Å². The van der Waals surface area contributed by atoms with Gasteiger partial charge in [-0.05, 0) is 45.4 Å². The fraction of sp³-hybridized carbons (Fsp3) is 0.786. The Balaban J connectivity index is 1.81. The molecular weight excluding hydrogens is 228 g/mol. The number of aromatic nitrogens is 1. The molecule has 2 nitrogen and oxygen atoms in total. The van der Waals surface area contributed by atoms with Gasteiger partial charge in [-0.25, -0.2) is 4.98 Å². The highest BCUT2D eigenvalue weighted by Gasteiger charge is 2.22. The Bertz CT molecular complexity index is 340. The minimum Gasteiger partial charge on any atom is -0.305 e. The number of hydrogen-bond acceptors (Lipinski definition) is 3. The van der Waals surface area contributed by atoms with E-state index in [4.69, 9.17) is 0 Å². The van der Waals surface area contributed by atoms with Crippen molar-refractivity contribution in [3.05, 3.63) is 16.1 Å². The normalized spacial score (nSPS) is 27.0. The first-order valence-corrected chi connectivity index (χ1v) is 7.75. The lowest BCUT2D eigenvalue weighted by Gasteiger charge is -2.30. The molecular formula is C14H24N2S. The van der Waals surface area contributed by atoms with Crippen molar-refractivity contribution in [2.24, 2.45) is 5.92 Å². The van der Waals surface area contributed by atoms with Crippen LogP contribution < -0.4 is 5.32 Å². The Labute approximate surface area is 109 Å². The van der Waals surface area contributed by atoms with Crippen molar-refractivity contribution in [1.29, 1.82) is 0 Å². The molecule has 1 atom stereocenters.